The molecule has 6 nitrogen and oxygen atoms in total. The Labute approximate surface area is 176 Å². The summed E-state index contributed by atoms with van der Waals surface area (Å²) in [5.41, 5.74) is 1.20. The summed E-state index contributed by atoms with van der Waals surface area (Å²) in [5.74, 6) is 2.39. The van der Waals surface area contributed by atoms with E-state index in [1.54, 1.807) is 6.07 Å². The molecule has 1 aromatic heterocycles. The third kappa shape index (κ3) is 6.12. The number of halogens is 2. The average Bonchev–Trinajstić information content (AvgIpc) is 2.63. The zero-order valence-electron chi connectivity index (χ0n) is 16.3. The number of hydrogen-bond acceptors (Lipinski definition) is 6. The molecule has 0 amide bonds. The molecular formula is C20H26Cl2N4O2. The number of anilines is 1. The molecule has 0 atom stereocenters. The fraction of sp³-hybridized carbons (Fsp3) is 0.500. The predicted molar refractivity (Wildman–Crippen MR) is 113 cm³/mol. The molecule has 1 N–H and O–H groups in total. The highest BCUT2D eigenvalue weighted by Gasteiger charge is 2.20. The zero-order chi connectivity index (χ0) is 19.9. The second-order valence-electron chi connectivity index (χ2n) is 6.72. The van der Waals surface area contributed by atoms with Crippen LogP contribution in [0.2, 0.25) is 10.4 Å². The number of rotatable bonds is 8. The summed E-state index contributed by atoms with van der Waals surface area (Å²) in [6, 6.07) is 8.19. The smallest absolute Gasteiger partial charge is 0.225 e. The quantitative estimate of drug-likeness (QED) is 0.491. The number of hydrogen-bond donors (Lipinski definition) is 1. The minimum atomic E-state index is 0.159. The van der Waals surface area contributed by atoms with Gasteiger partial charge >= 0.3 is 0 Å². The molecule has 3 rings (SSSR count). The topological polar surface area (TPSA) is 59.5 Å². The van der Waals surface area contributed by atoms with Crippen LogP contribution in [0.5, 0.6) is 11.5 Å². The van der Waals surface area contributed by atoms with E-state index in [9.17, 15) is 0 Å². The van der Waals surface area contributed by atoms with E-state index in [0.717, 1.165) is 44.0 Å². The summed E-state index contributed by atoms with van der Waals surface area (Å²) in [5, 5.41) is 3.92. The Hall–Kier alpha value is -1.76. The summed E-state index contributed by atoms with van der Waals surface area (Å²) < 4.78 is 11.4. The molecule has 1 aliphatic rings. The average molecular weight is 425 g/mol. The lowest BCUT2D eigenvalue weighted by atomic mass is 10.0. The second kappa shape index (κ2) is 10.1. The number of aromatic nitrogens is 2. The third-order valence-electron chi connectivity index (χ3n) is 4.58. The van der Waals surface area contributed by atoms with Crippen LogP contribution < -0.4 is 14.8 Å². The van der Waals surface area contributed by atoms with Crippen LogP contribution in [-0.2, 0) is 6.54 Å². The number of likely N-dealkylation sites (tertiary alicyclic amines) is 1. The van der Waals surface area contributed by atoms with Crippen LogP contribution in [0.3, 0.4) is 0 Å². The molecule has 1 aromatic carbocycles. The van der Waals surface area contributed by atoms with Crippen molar-refractivity contribution in [2.75, 3.05) is 31.6 Å². The standard InChI is InChI=1S/C20H26Cl2N4O2/c1-3-27-16-9-14(10-17(11-16)28-4-2)13-26-7-5-15(6-8-26)23-19-12-18(21)24-20(22)25-19/h9-12,15H,3-8,13H2,1-2H3,(H,23,24,25). The first kappa shape index (κ1) is 21.0. The maximum Gasteiger partial charge on any atom is 0.225 e. The fourth-order valence-electron chi connectivity index (χ4n) is 3.39. The maximum atomic E-state index is 5.95. The van der Waals surface area contributed by atoms with E-state index in [0.29, 0.717) is 30.2 Å². The molecule has 0 spiro atoms. The van der Waals surface area contributed by atoms with E-state index in [-0.39, 0.29) is 5.28 Å². The first-order chi connectivity index (χ1) is 13.6. The Bertz CT molecular complexity index is 738. The van der Waals surface area contributed by atoms with Crippen molar-refractivity contribution in [1.29, 1.82) is 0 Å². The van der Waals surface area contributed by atoms with Crippen molar-refractivity contribution in [1.82, 2.24) is 14.9 Å². The molecule has 1 fully saturated rings. The monoisotopic (exact) mass is 424 g/mol. The van der Waals surface area contributed by atoms with E-state index < -0.39 is 0 Å². The summed E-state index contributed by atoms with van der Waals surface area (Å²) >= 11 is 11.8. The highest BCUT2D eigenvalue weighted by Crippen LogP contribution is 2.26. The van der Waals surface area contributed by atoms with Gasteiger partial charge in [-0.1, -0.05) is 11.6 Å². The molecule has 0 radical (unpaired) electrons. The fourth-order valence-corrected chi connectivity index (χ4v) is 3.80. The van der Waals surface area contributed by atoms with Gasteiger partial charge in [-0.3, -0.25) is 4.90 Å². The molecule has 0 aliphatic carbocycles. The van der Waals surface area contributed by atoms with Crippen molar-refractivity contribution in [3.05, 3.63) is 40.3 Å². The van der Waals surface area contributed by atoms with Crippen molar-refractivity contribution in [2.45, 2.75) is 39.3 Å². The summed E-state index contributed by atoms with van der Waals surface area (Å²) in [4.78, 5) is 10.5. The first-order valence-corrected chi connectivity index (χ1v) is 10.4. The minimum absolute atomic E-state index is 0.159. The van der Waals surface area contributed by atoms with E-state index in [2.05, 4.69) is 32.3 Å². The van der Waals surface area contributed by atoms with E-state index in [1.807, 2.05) is 19.9 Å². The van der Waals surface area contributed by atoms with Gasteiger partial charge in [0.05, 0.1) is 13.2 Å². The van der Waals surface area contributed by atoms with Crippen LogP contribution in [0, 0.1) is 0 Å². The first-order valence-electron chi connectivity index (χ1n) is 9.64. The van der Waals surface area contributed by atoms with Gasteiger partial charge in [-0.25, -0.2) is 9.97 Å². The van der Waals surface area contributed by atoms with Gasteiger partial charge in [-0.05, 0) is 56.0 Å². The molecule has 0 saturated carbocycles. The molecule has 2 aromatic rings. The highest BCUT2D eigenvalue weighted by molar-refractivity contribution is 6.32. The summed E-state index contributed by atoms with van der Waals surface area (Å²) in [6.45, 7) is 8.12. The Morgan fingerprint density at radius 3 is 2.21 bits per heavy atom. The molecule has 1 saturated heterocycles. The Kier molecular flexibility index (Phi) is 7.59. The lowest BCUT2D eigenvalue weighted by Crippen LogP contribution is -2.38. The molecule has 0 unspecified atom stereocenters. The minimum Gasteiger partial charge on any atom is -0.494 e. The number of piperidine rings is 1. The SMILES string of the molecule is CCOc1cc(CN2CCC(Nc3cc(Cl)nc(Cl)n3)CC2)cc(OCC)c1. The van der Waals surface area contributed by atoms with Crippen LogP contribution in [0.4, 0.5) is 5.82 Å². The van der Waals surface area contributed by atoms with Gasteiger partial charge in [-0.15, -0.1) is 0 Å². The van der Waals surface area contributed by atoms with Crippen LogP contribution in [-0.4, -0.2) is 47.2 Å². The molecule has 152 valence electrons. The Morgan fingerprint density at radius 2 is 1.64 bits per heavy atom. The van der Waals surface area contributed by atoms with Crippen molar-refractivity contribution >= 4 is 29.0 Å². The summed E-state index contributed by atoms with van der Waals surface area (Å²) in [6.07, 6.45) is 2.03. The van der Waals surface area contributed by atoms with Gasteiger partial charge in [0.1, 0.15) is 22.5 Å². The molecule has 1 aliphatic heterocycles. The zero-order valence-corrected chi connectivity index (χ0v) is 17.8. The highest BCUT2D eigenvalue weighted by atomic mass is 35.5. The van der Waals surface area contributed by atoms with Gasteiger partial charge < -0.3 is 14.8 Å². The van der Waals surface area contributed by atoms with Crippen molar-refractivity contribution < 1.29 is 9.47 Å². The van der Waals surface area contributed by atoms with Gasteiger partial charge in [-0.2, -0.15) is 0 Å². The van der Waals surface area contributed by atoms with E-state index in [4.69, 9.17) is 32.7 Å². The van der Waals surface area contributed by atoms with Crippen molar-refractivity contribution in [3.63, 3.8) is 0 Å². The van der Waals surface area contributed by atoms with Gasteiger partial charge in [0, 0.05) is 37.8 Å². The van der Waals surface area contributed by atoms with Crippen LogP contribution in [0.25, 0.3) is 0 Å². The molecule has 2 heterocycles. The molecule has 0 bridgehead atoms. The molecule has 8 heteroatoms. The lowest BCUT2D eigenvalue weighted by Gasteiger charge is -2.32. The summed E-state index contributed by atoms with van der Waals surface area (Å²) in [7, 11) is 0. The molecule has 28 heavy (non-hydrogen) atoms. The van der Waals surface area contributed by atoms with E-state index >= 15 is 0 Å². The maximum absolute atomic E-state index is 5.95. The molecular weight excluding hydrogens is 399 g/mol. The number of nitrogens with zero attached hydrogens (tertiary/aromatic N) is 3. The van der Waals surface area contributed by atoms with E-state index in [1.165, 1.54) is 5.56 Å². The predicted octanol–water partition coefficient (Wildman–Crippen LogP) is 4.66. The second-order valence-corrected chi connectivity index (χ2v) is 7.44. The Morgan fingerprint density at radius 1 is 1.00 bits per heavy atom. The third-order valence-corrected chi connectivity index (χ3v) is 4.94. The number of benzene rings is 1. The van der Waals surface area contributed by atoms with Crippen molar-refractivity contribution in [3.8, 4) is 11.5 Å². The van der Waals surface area contributed by atoms with Gasteiger partial charge in [0.2, 0.25) is 5.28 Å². The normalized spacial score (nSPS) is 15.4. The van der Waals surface area contributed by atoms with Crippen molar-refractivity contribution in [2.24, 2.45) is 0 Å². The largest absolute Gasteiger partial charge is 0.494 e. The van der Waals surface area contributed by atoms with Gasteiger partial charge in [0.15, 0.2) is 0 Å². The lowest BCUT2D eigenvalue weighted by molar-refractivity contribution is 0.210. The number of nitrogens with one attached hydrogen (secondary N) is 1. The number of ether oxygens (including phenoxy) is 2. The van der Waals surface area contributed by atoms with Gasteiger partial charge in [0.25, 0.3) is 0 Å². The van der Waals surface area contributed by atoms with Crippen LogP contribution in [0.15, 0.2) is 24.3 Å². The van der Waals surface area contributed by atoms with Crippen LogP contribution in [0.1, 0.15) is 32.3 Å². The van der Waals surface area contributed by atoms with Crippen LogP contribution >= 0.6 is 23.2 Å². The Balaban J connectivity index is 1.56.